The molecule has 1 heterocycles. The molecule has 0 spiro atoms. The molecule has 1 atom stereocenters. The highest BCUT2D eigenvalue weighted by Crippen LogP contribution is 2.28. The molecule has 24 heavy (non-hydrogen) atoms. The number of hydrogen-bond donors (Lipinski definition) is 0. The zero-order valence-corrected chi connectivity index (χ0v) is 12.7. The van der Waals surface area contributed by atoms with Crippen molar-refractivity contribution >= 4 is 23.5 Å². The lowest BCUT2D eigenvalue weighted by Crippen LogP contribution is -2.29. The molecule has 2 amide bonds. The fourth-order valence-corrected chi connectivity index (χ4v) is 2.43. The molecule has 0 radical (unpaired) electrons. The van der Waals surface area contributed by atoms with E-state index in [0.29, 0.717) is 16.8 Å². The van der Waals surface area contributed by atoms with Gasteiger partial charge < -0.3 is 4.74 Å². The Morgan fingerprint density at radius 2 is 1.58 bits per heavy atom. The van der Waals surface area contributed by atoms with E-state index in [9.17, 15) is 14.4 Å². The molecule has 1 aliphatic rings. The molecule has 0 fully saturated rings. The van der Waals surface area contributed by atoms with Crippen LogP contribution < -0.4 is 4.90 Å². The maximum absolute atomic E-state index is 12.4. The Labute approximate surface area is 137 Å². The first-order valence-electron chi connectivity index (χ1n) is 7.21. The molecule has 2 aromatic carbocycles. The lowest BCUT2D eigenvalue weighted by atomic mass is 10.1. The van der Waals surface area contributed by atoms with E-state index >= 15 is 0 Å². The first kappa shape index (κ1) is 15.4. The first-order chi connectivity index (χ1) is 11.5. The Kier molecular flexibility index (Phi) is 3.84. The molecule has 6 nitrogen and oxygen atoms in total. The van der Waals surface area contributed by atoms with Gasteiger partial charge in [0.05, 0.1) is 22.4 Å². The summed E-state index contributed by atoms with van der Waals surface area (Å²) < 4.78 is 4.90. The monoisotopic (exact) mass is 320 g/mol. The fourth-order valence-electron chi connectivity index (χ4n) is 2.43. The molecule has 2 aromatic rings. The van der Waals surface area contributed by atoms with Crippen LogP contribution in [0.15, 0.2) is 48.5 Å². The molecule has 0 bridgehead atoms. The van der Waals surface area contributed by atoms with Gasteiger partial charge in [0.15, 0.2) is 6.10 Å². The maximum atomic E-state index is 12.4. The van der Waals surface area contributed by atoms with Gasteiger partial charge in [0, 0.05) is 0 Å². The van der Waals surface area contributed by atoms with Gasteiger partial charge in [-0.15, -0.1) is 0 Å². The van der Waals surface area contributed by atoms with Crippen molar-refractivity contribution in [2.24, 2.45) is 0 Å². The Hall–Kier alpha value is -3.46. The van der Waals surface area contributed by atoms with E-state index in [1.54, 1.807) is 30.3 Å². The first-order valence-corrected chi connectivity index (χ1v) is 7.21. The van der Waals surface area contributed by atoms with Gasteiger partial charge in [-0.1, -0.05) is 12.1 Å². The molecule has 0 unspecified atom stereocenters. The molecular weight excluding hydrogens is 308 g/mol. The topological polar surface area (TPSA) is 87.5 Å². The molecule has 118 valence electrons. The van der Waals surface area contributed by atoms with E-state index in [0.717, 1.165) is 4.90 Å². The number of esters is 1. The zero-order chi connectivity index (χ0) is 17.3. The van der Waals surface area contributed by atoms with Gasteiger partial charge in [-0.3, -0.25) is 9.59 Å². The lowest BCUT2D eigenvalue weighted by molar-refractivity contribution is 0.0435. The van der Waals surface area contributed by atoms with Gasteiger partial charge in [0.1, 0.15) is 6.07 Å². The predicted octanol–water partition coefficient (Wildman–Crippen LogP) is 2.56. The third-order valence-electron chi connectivity index (χ3n) is 3.62. The van der Waals surface area contributed by atoms with Gasteiger partial charge in [0.2, 0.25) is 0 Å². The quantitative estimate of drug-likeness (QED) is 0.640. The summed E-state index contributed by atoms with van der Waals surface area (Å²) in [5, 5.41) is 8.65. The molecule has 0 aliphatic carbocycles. The number of anilines is 1. The van der Waals surface area contributed by atoms with E-state index in [1.807, 2.05) is 0 Å². The number of carbonyl (C=O) groups excluding carboxylic acids is 3. The second-order valence-electron chi connectivity index (χ2n) is 5.21. The van der Waals surface area contributed by atoms with Crippen LogP contribution in [0, 0.1) is 11.3 Å². The Morgan fingerprint density at radius 3 is 2.08 bits per heavy atom. The van der Waals surface area contributed by atoms with Crippen molar-refractivity contribution in [3.63, 3.8) is 0 Å². The van der Waals surface area contributed by atoms with Gasteiger partial charge in [0.25, 0.3) is 11.8 Å². The Balaban J connectivity index is 1.85. The summed E-state index contributed by atoms with van der Waals surface area (Å²) in [4.78, 5) is 37.7. The average molecular weight is 320 g/mol. The largest absolute Gasteiger partial charge is 0.444 e. The summed E-state index contributed by atoms with van der Waals surface area (Å²) in [6.07, 6.45) is -0.853. The standard InChI is InChI=1S/C18H12N2O4/c1-11(10-19)24-18(23)12-6-8-13(9-7-12)20-16(21)14-4-2-3-5-15(14)17(20)22/h2-9,11H,1H3/t11-/m1/s1. The molecule has 3 rings (SSSR count). The minimum absolute atomic E-state index is 0.234. The fraction of sp³-hybridized carbons (Fsp3) is 0.111. The van der Waals surface area contributed by atoms with Gasteiger partial charge in [-0.2, -0.15) is 5.26 Å². The van der Waals surface area contributed by atoms with Crippen LogP contribution in [0.4, 0.5) is 5.69 Å². The van der Waals surface area contributed by atoms with E-state index in [2.05, 4.69) is 0 Å². The van der Waals surface area contributed by atoms with E-state index in [4.69, 9.17) is 10.00 Å². The normalized spacial score (nSPS) is 14.1. The minimum Gasteiger partial charge on any atom is -0.444 e. The smallest absolute Gasteiger partial charge is 0.339 e. The number of nitriles is 1. The van der Waals surface area contributed by atoms with Crippen LogP contribution in [0.25, 0.3) is 0 Å². The van der Waals surface area contributed by atoms with Crippen LogP contribution >= 0.6 is 0 Å². The molecule has 1 aliphatic heterocycles. The number of rotatable bonds is 3. The Bertz CT molecular complexity index is 846. The number of carbonyl (C=O) groups is 3. The van der Waals surface area contributed by atoms with Crippen molar-refractivity contribution in [3.8, 4) is 6.07 Å². The van der Waals surface area contributed by atoms with Crippen molar-refractivity contribution in [1.82, 2.24) is 0 Å². The van der Waals surface area contributed by atoms with Crippen LogP contribution in [0.3, 0.4) is 0 Å². The summed E-state index contributed by atoms with van der Waals surface area (Å²) in [6.45, 7) is 1.46. The third-order valence-corrected chi connectivity index (χ3v) is 3.62. The highest BCUT2D eigenvalue weighted by atomic mass is 16.5. The molecule has 0 saturated heterocycles. The van der Waals surface area contributed by atoms with Crippen LogP contribution in [0.2, 0.25) is 0 Å². The van der Waals surface area contributed by atoms with Crippen molar-refractivity contribution in [2.45, 2.75) is 13.0 Å². The molecular formula is C18H12N2O4. The van der Waals surface area contributed by atoms with Gasteiger partial charge in [-0.25, -0.2) is 9.69 Å². The highest BCUT2D eigenvalue weighted by Gasteiger charge is 2.36. The highest BCUT2D eigenvalue weighted by molar-refractivity contribution is 6.34. The van der Waals surface area contributed by atoms with E-state index in [1.165, 1.54) is 31.2 Å². The van der Waals surface area contributed by atoms with Crippen LogP contribution in [-0.4, -0.2) is 23.9 Å². The molecule has 0 saturated carbocycles. The number of hydrogen-bond acceptors (Lipinski definition) is 5. The van der Waals surface area contributed by atoms with Crippen molar-refractivity contribution in [2.75, 3.05) is 4.90 Å². The maximum Gasteiger partial charge on any atom is 0.339 e. The van der Waals surface area contributed by atoms with Crippen LogP contribution in [0.1, 0.15) is 38.0 Å². The number of benzene rings is 2. The van der Waals surface area contributed by atoms with Crippen molar-refractivity contribution in [1.29, 1.82) is 5.26 Å². The zero-order valence-electron chi connectivity index (χ0n) is 12.7. The van der Waals surface area contributed by atoms with E-state index in [-0.39, 0.29) is 5.56 Å². The minimum atomic E-state index is -0.853. The van der Waals surface area contributed by atoms with Gasteiger partial charge >= 0.3 is 5.97 Å². The van der Waals surface area contributed by atoms with E-state index < -0.39 is 23.9 Å². The molecule has 0 aromatic heterocycles. The second kappa shape index (κ2) is 5.97. The lowest BCUT2D eigenvalue weighted by Gasteiger charge is -2.14. The predicted molar refractivity (Wildman–Crippen MR) is 84.5 cm³/mol. The average Bonchev–Trinajstić information content (AvgIpc) is 2.86. The summed E-state index contributed by atoms with van der Waals surface area (Å²) in [7, 11) is 0. The van der Waals surface area contributed by atoms with Gasteiger partial charge in [-0.05, 0) is 43.3 Å². The summed E-state index contributed by atoms with van der Waals surface area (Å²) in [5.74, 6) is -1.44. The number of imide groups is 1. The summed E-state index contributed by atoms with van der Waals surface area (Å²) >= 11 is 0. The third kappa shape index (κ3) is 2.52. The van der Waals surface area contributed by atoms with Crippen LogP contribution in [0.5, 0.6) is 0 Å². The summed E-state index contributed by atoms with van der Waals surface area (Å²) in [5.41, 5.74) is 1.31. The number of nitrogens with zero attached hydrogens (tertiary/aromatic N) is 2. The number of amides is 2. The number of ether oxygens (including phenoxy) is 1. The van der Waals surface area contributed by atoms with Crippen molar-refractivity contribution in [3.05, 3.63) is 65.2 Å². The van der Waals surface area contributed by atoms with Crippen LogP contribution in [-0.2, 0) is 4.74 Å². The second-order valence-corrected chi connectivity index (χ2v) is 5.21. The molecule has 6 heteroatoms. The molecule has 0 N–H and O–H groups in total. The SMILES string of the molecule is C[C@H](C#N)OC(=O)c1ccc(N2C(=O)c3ccccc3C2=O)cc1. The summed E-state index contributed by atoms with van der Waals surface area (Å²) in [6, 6.07) is 14.3. The number of fused-ring (bicyclic) bond motifs is 1. The Morgan fingerprint density at radius 1 is 1.04 bits per heavy atom. The van der Waals surface area contributed by atoms with Crippen molar-refractivity contribution < 1.29 is 19.1 Å².